The molecule has 0 unspecified atom stereocenters. The molecule has 264 valence electrons. The van der Waals surface area contributed by atoms with Gasteiger partial charge < -0.3 is 0 Å². The lowest BCUT2D eigenvalue weighted by atomic mass is 10.1. The van der Waals surface area contributed by atoms with E-state index < -0.39 is 30.1 Å². The molecule has 1 heterocycles. The second kappa shape index (κ2) is 16.2. The smallest absolute Gasteiger partial charge is 0.207 e. The Bertz CT molecular complexity index is 2340. The zero-order valence-corrected chi connectivity index (χ0v) is 31.1. The van der Waals surface area contributed by atoms with E-state index >= 15 is 0 Å². The van der Waals surface area contributed by atoms with E-state index in [1.54, 1.807) is 42.5 Å². The number of aryl methyl sites for hydroxylation is 3. The van der Waals surface area contributed by atoms with E-state index in [4.69, 9.17) is 0 Å². The Balaban J connectivity index is 1.63. The maximum atomic E-state index is 14.1. The van der Waals surface area contributed by atoms with Gasteiger partial charge in [0.15, 0.2) is 0 Å². The Kier molecular flexibility index (Phi) is 12.0. The van der Waals surface area contributed by atoms with E-state index in [0.717, 1.165) is 21.0 Å². The number of sulfonamides is 3. The standard InChI is InChI=1S/C39H39N3O6S3/c1-32-13-19-37(20-14-32)49(43,44)40-26-7-8-28-41(50(45,46)38-21-15-33(2)16-22-38)30-25-36(35-11-5-4-6-12-35)31-42(29-10-9-27-40)51(47,48)39-23-17-34(3)18-24-39/h4-6,11-25H,26-31H2,1-3H3/b36-25-. The molecule has 12 heteroatoms. The van der Waals surface area contributed by atoms with Crippen molar-refractivity contribution in [3.63, 3.8) is 0 Å². The van der Waals surface area contributed by atoms with Crippen molar-refractivity contribution < 1.29 is 25.3 Å². The molecule has 5 rings (SSSR count). The van der Waals surface area contributed by atoms with Crippen LogP contribution in [0.1, 0.15) is 22.3 Å². The number of nitrogens with zero attached hydrogens (tertiary/aromatic N) is 3. The van der Waals surface area contributed by atoms with Crippen LogP contribution in [0.3, 0.4) is 0 Å². The summed E-state index contributed by atoms with van der Waals surface area (Å²) >= 11 is 0. The summed E-state index contributed by atoms with van der Waals surface area (Å²) in [6.07, 6.45) is 1.70. The van der Waals surface area contributed by atoms with Crippen LogP contribution < -0.4 is 0 Å². The molecule has 4 aromatic carbocycles. The van der Waals surface area contributed by atoms with Crippen LogP contribution in [0.15, 0.2) is 124 Å². The number of benzene rings is 4. The van der Waals surface area contributed by atoms with Gasteiger partial charge in [0.25, 0.3) is 0 Å². The number of hydrogen-bond acceptors (Lipinski definition) is 6. The number of rotatable bonds is 7. The fraction of sp³-hybridized carbons (Fsp3) is 0.231. The minimum absolute atomic E-state index is 0.0541. The monoisotopic (exact) mass is 741 g/mol. The fourth-order valence-corrected chi connectivity index (χ4v) is 9.03. The molecule has 0 atom stereocenters. The second-order valence-electron chi connectivity index (χ2n) is 12.1. The molecule has 0 spiro atoms. The fourth-order valence-electron chi connectivity index (χ4n) is 5.18. The molecule has 0 bridgehead atoms. The maximum Gasteiger partial charge on any atom is 0.244 e. The first-order chi connectivity index (χ1) is 24.3. The van der Waals surface area contributed by atoms with Crippen molar-refractivity contribution in [2.45, 2.75) is 35.5 Å². The lowest BCUT2D eigenvalue weighted by Crippen LogP contribution is -2.34. The second-order valence-corrected chi connectivity index (χ2v) is 17.9. The molecule has 1 aliphatic rings. The van der Waals surface area contributed by atoms with Crippen molar-refractivity contribution in [3.05, 3.63) is 131 Å². The Morgan fingerprint density at radius 3 is 1.24 bits per heavy atom. The summed E-state index contributed by atoms with van der Waals surface area (Å²) in [6.45, 7) is 4.27. The van der Waals surface area contributed by atoms with E-state index in [9.17, 15) is 25.3 Å². The van der Waals surface area contributed by atoms with Gasteiger partial charge in [0.2, 0.25) is 30.1 Å². The molecular weight excluding hydrogens is 703 g/mol. The summed E-state index contributed by atoms with van der Waals surface area (Å²) in [5.41, 5.74) is 3.93. The average Bonchev–Trinajstić information content (AvgIpc) is 3.12. The SMILES string of the molecule is Cc1ccc(S(=O)(=O)N2CC#CCN(S(=O)(=O)c3ccc(C)cc3)C/C=C(\c3ccccc3)CN(S(=O)(=O)c3ccc(C)cc3)CC#CC2)cc1. The molecule has 0 amide bonds. The molecule has 9 nitrogen and oxygen atoms in total. The topological polar surface area (TPSA) is 112 Å². The molecule has 51 heavy (non-hydrogen) atoms. The Hall–Kier alpha value is -4.53. The van der Waals surface area contributed by atoms with E-state index in [-0.39, 0.29) is 54.0 Å². The van der Waals surface area contributed by atoms with Crippen LogP contribution in [-0.4, -0.2) is 77.4 Å². The Morgan fingerprint density at radius 1 is 0.451 bits per heavy atom. The maximum absolute atomic E-state index is 14.1. The summed E-state index contributed by atoms with van der Waals surface area (Å²) in [4.78, 5) is 0.197. The lowest BCUT2D eigenvalue weighted by Gasteiger charge is -2.23. The highest BCUT2D eigenvalue weighted by atomic mass is 32.2. The van der Waals surface area contributed by atoms with Crippen LogP contribution in [0, 0.1) is 44.5 Å². The van der Waals surface area contributed by atoms with Crippen molar-refractivity contribution in [2.24, 2.45) is 0 Å². The van der Waals surface area contributed by atoms with Gasteiger partial charge in [0, 0.05) is 13.1 Å². The number of hydrogen-bond donors (Lipinski definition) is 0. The first-order valence-electron chi connectivity index (χ1n) is 16.1. The van der Waals surface area contributed by atoms with Gasteiger partial charge in [0.05, 0.1) is 40.9 Å². The van der Waals surface area contributed by atoms with Crippen LogP contribution in [0.5, 0.6) is 0 Å². The quantitative estimate of drug-likeness (QED) is 0.244. The van der Waals surface area contributed by atoms with E-state index in [0.29, 0.717) is 11.1 Å². The van der Waals surface area contributed by atoms with Crippen molar-refractivity contribution in [2.75, 3.05) is 39.3 Å². The molecule has 0 aliphatic carbocycles. The van der Waals surface area contributed by atoms with E-state index in [2.05, 4.69) is 23.7 Å². The summed E-state index contributed by atoms with van der Waals surface area (Å²) < 4.78 is 87.3. The van der Waals surface area contributed by atoms with Gasteiger partial charge in [-0.15, -0.1) is 0 Å². The van der Waals surface area contributed by atoms with E-state index in [1.165, 1.54) is 45.0 Å². The predicted octanol–water partition coefficient (Wildman–Crippen LogP) is 5.09. The summed E-state index contributed by atoms with van der Waals surface area (Å²) in [5.74, 6) is 11.5. The average molecular weight is 742 g/mol. The highest BCUT2D eigenvalue weighted by Crippen LogP contribution is 2.24. The lowest BCUT2D eigenvalue weighted by molar-refractivity contribution is 0.472. The first kappa shape index (κ1) is 37.7. The van der Waals surface area contributed by atoms with Crippen molar-refractivity contribution in [1.82, 2.24) is 12.9 Å². The van der Waals surface area contributed by atoms with Crippen LogP contribution in [0.4, 0.5) is 0 Å². The normalized spacial score (nSPS) is 17.0. The summed E-state index contributed by atoms with van der Waals surface area (Å²) in [5, 5.41) is 0. The van der Waals surface area contributed by atoms with Crippen LogP contribution in [0.2, 0.25) is 0 Å². The molecular formula is C39H39N3O6S3. The van der Waals surface area contributed by atoms with Crippen molar-refractivity contribution in [1.29, 1.82) is 0 Å². The van der Waals surface area contributed by atoms with Gasteiger partial charge in [-0.25, -0.2) is 25.3 Å². The Morgan fingerprint density at radius 2 is 0.804 bits per heavy atom. The van der Waals surface area contributed by atoms with Crippen molar-refractivity contribution in [3.8, 4) is 23.7 Å². The minimum atomic E-state index is -4.11. The van der Waals surface area contributed by atoms with Gasteiger partial charge in [-0.3, -0.25) is 0 Å². The third kappa shape index (κ3) is 9.23. The molecule has 0 saturated carbocycles. The van der Waals surface area contributed by atoms with Gasteiger partial charge in [-0.1, -0.05) is 113 Å². The van der Waals surface area contributed by atoms with Gasteiger partial charge in [-0.05, 0) is 68.3 Å². The molecule has 0 radical (unpaired) electrons. The molecule has 0 fully saturated rings. The molecule has 0 aromatic heterocycles. The summed E-state index contributed by atoms with van der Waals surface area (Å²) in [7, 11) is -12.2. The predicted molar refractivity (Wildman–Crippen MR) is 200 cm³/mol. The van der Waals surface area contributed by atoms with Crippen LogP contribution in [-0.2, 0) is 30.1 Å². The zero-order valence-electron chi connectivity index (χ0n) is 28.7. The zero-order chi connectivity index (χ0) is 36.6. The Labute approximate surface area is 302 Å². The van der Waals surface area contributed by atoms with E-state index in [1.807, 2.05) is 51.1 Å². The third-order valence-corrected chi connectivity index (χ3v) is 13.7. The largest absolute Gasteiger partial charge is 0.244 e. The highest BCUT2D eigenvalue weighted by Gasteiger charge is 2.28. The summed E-state index contributed by atoms with van der Waals surface area (Å²) in [6, 6.07) is 28.5. The first-order valence-corrected chi connectivity index (χ1v) is 20.5. The molecule has 1 aliphatic heterocycles. The van der Waals surface area contributed by atoms with Gasteiger partial charge >= 0.3 is 0 Å². The molecule has 0 saturated heterocycles. The van der Waals surface area contributed by atoms with Crippen molar-refractivity contribution >= 4 is 35.6 Å². The van der Waals surface area contributed by atoms with Gasteiger partial charge in [0.1, 0.15) is 0 Å². The van der Waals surface area contributed by atoms with Crippen LogP contribution in [0.25, 0.3) is 5.57 Å². The van der Waals surface area contributed by atoms with Gasteiger partial charge in [-0.2, -0.15) is 12.9 Å². The highest BCUT2D eigenvalue weighted by molar-refractivity contribution is 7.89. The molecule has 4 aromatic rings. The van der Waals surface area contributed by atoms with Crippen LogP contribution >= 0.6 is 0 Å². The molecule has 0 N–H and O–H groups in total. The minimum Gasteiger partial charge on any atom is -0.207 e. The third-order valence-electron chi connectivity index (χ3n) is 8.28.